The van der Waals surface area contributed by atoms with Crippen molar-refractivity contribution in [3.63, 3.8) is 0 Å². The van der Waals surface area contributed by atoms with Crippen molar-refractivity contribution in [2.24, 2.45) is 0 Å². The molecule has 2 aromatic carbocycles. The minimum absolute atomic E-state index is 0.273. The molecule has 2 N–H and O–H groups in total. The Morgan fingerprint density at radius 1 is 1.00 bits per heavy atom. The molecule has 0 fully saturated rings. The van der Waals surface area contributed by atoms with E-state index in [1.165, 1.54) is 0 Å². The van der Waals surface area contributed by atoms with Crippen LogP contribution in [0, 0.1) is 11.3 Å². The number of carbonyl (C=O) groups excluding carboxylic acids is 1. The molecule has 7 nitrogen and oxygen atoms in total. The van der Waals surface area contributed by atoms with Gasteiger partial charge in [0.1, 0.15) is 5.69 Å². The van der Waals surface area contributed by atoms with E-state index in [4.69, 9.17) is 14.7 Å². The van der Waals surface area contributed by atoms with E-state index < -0.39 is 0 Å². The SMILES string of the molecule is COc1ccc(CNC(=O)c2ccc(Nc3ccc(C#N)cc3)cn2)cc1OC. The van der Waals surface area contributed by atoms with Crippen LogP contribution in [-0.2, 0) is 6.54 Å². The van der Waals surface area contributed by atoms with Crippen molar-refractivity contribution in [2.75, 3.05) is 19.5 Å². The number of ether oxygens (including phenoxy) is 2. The summed E-state index contributed by atoms with van der Waals surface area (Å²) in [6, 6.07) is 18.0. The highest BCUT2D eigenvalue weighted by molar-refractivity contribution is 5.92. The number of nitrogens with zero attached hydrogens (tertiary/aromatic N) is 2. The summed E-state index contributed by atoms with van der Waals surface area (Å²) in [4.78, 5) is 16.6. The van der Waals surface area contributed by atoms with Crippen molar-refractivity contribution in [1.82, 2.24) is 10.3 Å². The summed E-state index contributed by atoms with van der Waals surface area (Å²) < 4.78 is 10.5. The molecule has 0 spiro atoms. The van der Waals surface area contributed by atoms with Crippen molar-refractivity contribution in [1.29, 1.82) is 5.26 Å². The third kappa shape index (κ3) is 5.02. The fourth-order valence-electron chi connectivity index (χ4n) is 2.66. The number of carbonyl (C=O) groups is 1. The highest BCUT2D eigenvalue weighted by atomic mass is 16.5. The van der Waals surface area contributed by atoms with Gasteiger partial charge in [-0.1, -0.05) is 6.07 Å². The van der Waals surface area contributed by atoms with Gasteiger partial charge in [0.05, 0.1) is 37.7 Å². The standard InChI is InChI=1S/C22H20N4O3/c1-28-20-10-5-16(11-21(20)29-2)13-25-22(27)19-9-8-18(14-24-19)26-17-6-3-15(12-23)4-7-17/h3-11,14,26H,13H2,1-2H3,(H,25,27). The first kappa shape index (κ1) is 19.7. The maximum Gasteiger partial charge on any atom is 0.270 e. The van der Waals surface area contributed by atoms with Crippen LogP contribution < -0.4 is 20.1 Å². The fraction of sp³-hybridized carbons (Fsp3) is 0.136. The zero-order valence-corrected chi connectivity index (χ0v) is 16.1. The predicted molar refractivity (Wildman–Crippen MR) is 109 cm³/mol. The van der Waals surface area contributed by atoms with Crippen LogP contribution in [0.2, 0.25) is 0 Å². The second-order valence-corrected chi connectivity index (χ2v) is 6.12. The summed E-state index contributed by atoms with van der Waals surface area (Å²) in [5.74, 6) is 0.968. The number of rotatable bonds is 7. The number of aromatic nitrogens is 1. The second kappa shape index (κ2) is 9.24. The number of nitrogens with one attached hydrogen (secondary N) is 2. The molecule has 0 aliphatic carbocycles. The fourth-order valence-corrected chi connectivity index (χ4v) is 2.66. The highest BCUT2D eigenvalue weighted by Crippen LogP contribution is 2.27. The number of amides is 1. The van der Waals surface area contributed by atoms with Gasteiger partial charge in [0, 0.05) is 12.2 Å². The predicted octanol–water partition coefficient (Wildman–Crippen LogP) is 3.64. The van der Waals surface area contributed by atoms with Crippen LogP contribution in [0.25, 0.3) is 0 Å². The van der Waals surface area contributed by atoms with Gasteiger partial charge in [-0.2, -0.15) is 5.26 Å². The molecule has 7 heteroatoms. The summed E-state index contributed by atoms with van der Waals surface area (Å²) in [5.41, 5.74) is 3.36. The minimum atomic E-state index is -0.273. The zero-order valence-electron chi connectivity index (χ0n) is 16.1. The van der Waals surface area contributed by atoms with Gasteiger partial charge < -0.3 is 20.1 Å². The van der Waals surface area contributed by atoms with E-state index >= 15 is 0 Å². The number of anilines is 2. The summed E-state index contributed by atoms with van der Waals surface area (Å²) in [6.45, 7) is 0.339. The third-order valence-electron chi connectivity index (χ3n) is 4.20. The Labute approximate surface area is 168 Å². The van der Waals surface area contributed by atoms with Crippen molar-refractivity contribution in [2.45, 2.75) is 6.54 Å². The molecule has 0 bridgehead atoms. The molecule has 1 amide bonds. The molecular weight excluding hydrogens is 368 g/mol. The summed E-state index contributed by atoms with van der Waals surface area (Å²) in [5, 5.41) is 14.8. The molecule has 3 rings (SSSR count). The van der Waals surface area contributed by atoms with E-state index in [9.17, 15) is 4.79 Å². The first-order chi connectivity index (χ1) is 14.1. The largest absolute Gasteiger partial charge is 0.493 e. The van der Waals surface area contributed by atoms with E-state index in [1.54, 1.807) is 50.7 Å². The quantitative estimate of drug-likeness (QED) is 0.641. The molecular formula is C22H20N4O3. The first-order valence-electron chi connectivity index (χ1n) is 8.85. The maximum atomic E-state index is 12.4. The zero-order chi connectivity index (χ0) is 20.6. The average molecular weight is 388 g/mol. The van der Waals surface area contributed by atoms with Gasteiger partial charge in [-0.25, -0.2) is 4.98 Å². The van der Waals surface area contributed by atoms with Gasteiger partial charge in [0.15, 0.2) is 11.5 Å². The van der Waals surface area contributed by atoms with Gasteiger partial charge in [0.25, 0.3) is 5.91 Å². The lowest BCUT2D eigenvalue weighted by Crippen LogP contribution is -2.23. The van der Waals surface area contributed by atoms with E-state index in [0.29, 0.717) is 29.3 Å². The molecule has 0 saturated heterocycles. The number of hydrogen-bond acceptors (Lipinski definition) is 6. The van der Waals surface area contributed by atoms with Crippen LogP contribution in [0.5, 0.6) is 11.5 Å². The topological polar surface area (TPSA) is 96.3 Å². The Balaban J connectivity index is 1.59. The van der Waals surface area contributed by atoms with Crippen LogP contribution in [0.3, 0.4) is 0 Å². The Morgan fingerprint density at radius 3 is 2.34 bits per heavy atom. The highest BCUT2D eigenvalue weighted by Gasteiger charge is 2.09. The smallest absolute Gasteiger partial charge is 0.270 e. The maximum absolute atomic E-state index is 12.4. The Hall–Kier alpha value is -4.05. The van der Waals surface area contributed by atoms with E-state index in [1.807, 2.05) is 24.3 Å². The van der Waals surface area contributed by atoms with Crippen molar-refractivity contribution in [3.05, 3.63) is 77.6 Å². The van der Waals surface area contributed by atoms with E-state index in [0.717, 1.165) is 16.9 Å². The van der Waals surface area contributed by atoms with Gasteiger partial charge in [-0.15, -0.1) is 0 Å². The molecule has 146 valence electrons. The third-order valence-corrected chi connectivity index (χ3v) is 4.20. The lowest BCUT2D eigenvalue weighted by Gasteiger charge is -2.10. The average Bonchev–Trinajstić information content (AvgIpc) is 2.78. The van der Waals surface area contributed by atoms with Gasteiger partial charge in [-0.3, -0.25) is 4.79 Å². The molecule has 0 saturated carbocycles. The Morgan fingerprint density at radius 2 is 1.72 bits per heavy atom. The number of hydrogen-bond donors (Lipinski definition) is 2. The van der Waals surface area contributed by atoms with Crippen molar-refractivity contribution >= 4 is 17.3 Å². The second-order valence-electron chi connectivity index (χ2n) is 6.12. The van der Waals surface area contributed by atoms with Crippen LogP contribution in [-0.4, -0.2) is 25.1 Å². The first-order valence-corrected chi connectivity index (χ1v) is 8.85. The number of benzene rings is 2. The number of methoxy groups -OCH3 is 2. The van der Waals surface area contributed by atoms with Gasteiger partial charge in [0.2, 0.25) is 0 Å². The number of pyridine rings is 1. The molecule has 0 aliphatic heterocycles. The Kier molecular flexibility index (Phi) is 6.28. The lowest BCUT2D eigenvalue weighted by atomic mass is 10.2. The van der Waals surface area contributed by atoms with E-state index in [-0.39, 0.29) is 5.91 Å². The van der Waals surface area contributed by atoms with Crippen LogP contribution in [0.15, 0.2) is 60.8 Å². The lowest BCUT2D eigenvalue weighted by molar-refractivity contribution is 0.0946. The minimum Gasteiger partial charge on any atom is -0.493 e. The van der Waals surface area contributed by atoms with Crippen LogP contribution >= 0.6 is 0 Å². The molecule has 0 atom stereocenters. The summed E-state index contributed by atoms with van der Waals surface area (Å²) in [7, 11) is 3.14. The van der Waals surface area contributed by atoms with Crippen LogP contribution in [0.1, 0.15) is 21.6 Å². The monoisotopic (exact) mass is 388 g/mol. The number of nitriles is 1. The molecule has 0 aliphatic rings. The van der Waals surface area contributed by atoms with Crippen LogP contribution in [0.4, 0.5) is 11.4 Å². The molecule has 3 aromatic rings. The Bertz CT molecular complexity index is 1030. The van der Waals surface area contributed by atoms with Crippen molar-refractivity contribution in [3.8, 4) is 17.6 Å². The van der Waals surface area contributed by atoms with Gasteiger partial charge in [-0.05, 0) is 54.1 Å². The molecule has 1 aromatic heterocycles. The summed E-state index contributed by atoms with van der Waals surface area (Å²) in [6.07, 6.45) is 1.59. The van der Waals surface area contributed by atoms with E-state index in [2.05, 4.69) is 21.7 Å². The molecule has 1 heterocycles. The van der Waals surface area contributed by atoms with Gasteiger partial charge >= 0.3 is 0 Å². The molecule has 0 unspecified atom stereocenters. The summed E-state index contributed by atoms with van der Waals surface area (Å²) >= 11 is 0. The normalized spacial score (nSPS) is 9.97. The molecule has 0 radical (unpaired) electrons. The molecule has 29 heavy (non-hydrogen) atoms. The van der Waals surface area contributed by atoms with Crippen molar-refractivity contribution < 1.29 is 14.3 Å².